The molecule has 0 unspecified atom stereocenters. The summed E-state index contributed by atoms with van der Waals surface area (Å²) in [6.45, 7) is -0.328. The lowest BCUT2D eigenvalue weighted by molar-refractivity contribution is -0.134. The van der Waals surface area contributed by atoms with Crippen molar-refractivity contribution in [2.45, 2.75) is 24.4 Å². The molecule has 8 nitrogen and oxygen atoms in total. The van der Waals surface area contributed by atoms with E-state index in [4.69, 9.17) is 33.3 Å². The highest BCUT2D eigenvalue weighted by Gasteiger charge is 2.60. The summed E-state index contributed by atoms with van der Waals surface area (Å²) in [5, 5.41) is 3.14. The molecule has 1 N–H and O–H groups in total. The molecule has 196 valence electrons. The number of hydrogen-bond donors (Lipinski definition) is 1. The highest BCUT2D eigenvalue weighted by Crippen LogP contribution is 2.50. The number of methoxy groups -OCH3 is 1. The van der Waals surface area contributed by atoms with E-state index >= 15 is 0 Å². The normalized spacial score (nSPS) is 19.9. The van der Waals surface area contributed by atoms with E-state index < -0.39 is 41.2 Å². The standard InChI is InChI=1S/C25H24ClF2N3O5S/c1-30(2)24(34)36-12-20(13-4-7-19(26)18(8-13)21(32)35-3)31-22(33)25(14-5-6-14,29-23(31)37)15-9-16(27)11-17(28)10-15/h4,7-11,14,20H,5-6,12H2,1-3H3,(H,29,37)/t20-,25-/m1/s1. The fourth-order valence-corrected chi connectivity index (χ4v) is 5.04. The molecule has 1 saturated carbocycles. The monoisotopic (exact) mass is 551 g/mol. The number of benzene rings is 2. The van der Waals surface area contributed by atoms with Gasteiger partial charge >= 0.3 is 12.1 Å². The summed E-state index contributed by atoms with van der Waals surface area (Å²) in [7, 11) is 4.20. The molecule has 0 aromatic heterocycles. The molecule has 1 saturated heterocycles. The van der Waals surface area contributed by atoms with E-state index in [1.165, 1.54) is 43.1 Å². The van der Waals surface area contributed by atoms with Crippen LogP contribution in [0, 0.1) is 17.6 Å². The molecule has 0 radical (unpaired) electrons. The third-order valence-electron chi connectivity index (χ3n) is 6.41. The molecule has 2 aliphatic rings. The third kappa shape index (κ3) is 4.97. The van der Waals surface area contributed by atoms with Crippen LogP contribution in [0.5, 0.6) is 0 Å². The van der Waals surface area contributed by atoms with Gasteiger partial charge in [0.25, 0.3) is 5.91 Å². The molecule has 2 atom stereocenters. The van der Waals surface area contributed by atoms with Crippen molar-refractivity contribution in [3.63, 3.8) is 0 Å². The van der Waals surface area contributed by atoms with Crippen LogP contribution in [-0.4, -0.2) is 60.7 Å². The third-order valence-corrected chi connectivity index (χ3v) is 7.04. The first kappa shape index (κ1) is 26.7. The van der Waals surface area contributed by atoms with Gasteiger partial charge in [0.15, 0.2) is 5.11 Å². The highest BCUT2D eigenvalue weighted by molar-refractivity contribution is 7.80. The van der Waals surface area contributed by atoms with Crippen molar-refractivity contribution in [2.24, 2.45) is 5.92 Å². The fourth-order valence-electron chi connectivity index (χ4n) is 4.47. The van der Waals surface area contributed by atoms with Gasteiger partial charge in [0.05, 0.1) is 23.7 Å². The summed E-state index contributed by atoms with van der Waals surface area (Å²) in [6, 6.07) is 6.40. The highest BCUT2D eigenvalue weighted by atomic mass is 35.5. The van der Waals surface area contributed by atoms with Crippen molar-refractivity contribution in [3.8, 4) is 0 Å². The second kappa shape index (κ2) is 10.2. The Bertz CT molecular complexity index is 1270. The van der Waals surface area contributed by atoms with Gasteiger partial charge in [0.1, 0.15) is 23.8 Å². The second-order valence-corrected chi connectivity index (χ2v) is 9.86. The maximum absolute atomic E-state index is 14.2. The molecular weight excluding hydrogens is 528 g/mol. The molecule has 2 aromatic rings. The van der Waals surface area contributed by atoms with E-state index in [1.54, 1.807) is 6.07 Å². The van der Waals surface area contributed by atoms with Crippen molar-refractivity contribution in [1.29, 1.82) is 0 Å². The van der Waals surface area contributed by atoms with Crippen molar-refractivity contribution in [1.82, 2.24) is 15.1 Å². The number of carbonyl (C=O) groups is 3. The van der Waals surface area contributed by atoms with Gasteiger partial charge in [-0.1, -0.05) is 17.7 Å². The smallest absolute Gasteiger partial charge is 0.409 e. The summed E-state index contributed by atoms with van der Waals surface area (Å²) in [6.07, 6.45) is 0.612. The molecule has 1 aliphatic carbocycles. The van der Waals surface area contributed by atoms with Crippen molar-refractivity contribution in [3.05, 3.63) is 69.7 Å². The van der Waals surface area contributed by atoms with Gasteiger partial charge in [-0.3, -0.25) is 9.69 Å². The van der Waals surface area contributed by atoms with Crippen LogP contribution >= 0.6 is 23.8 Å². The molecule has 0 spiro atoms. The van der Waals surface area contributed by atoms with Crippen LogP contribution in [0.4, 0.5) is 13.6 Å². The van der Waals surface area contributed by atoms with E-state index in [2.05, 4.69) is 5.32 Å². The first-order valence-electron chi connectivity index (χ1n) is 11.3. The molecule has 37 heavy (non-hydrogen) atoms. The predicted molar refractivity (Wildman–Crippen MR) is 134 cm³/mol. The Morgan fingerprint density at radius 2 is 1.86 bits per heavy atom. The van der Waals surface area contributed by atoms with Crippen molar-refractivity contribution >= 4 is 46.9 Å². The first-order chi connectivity index (χ1) is 17.5. The maximum atomic E-state index is 14.2. The Morgan fingerprint density at radius 3 is 2.43 bits per heavy atom. The number of esters is 1. The lowest BCUT2D eigenvalue weighted by Crippen LogP contribution is -2.47. The van der Waals surface area contributed by atoms with Gasteiger partial charge in [-0.25, -0.2) is 18.4 Å². The molecule has 1 aliphatic heterocycles. The van der Waals surface area contributed by atoms with Gasteiger partial charge < -0.3 is 19.7 Å². The molecule has 4 rings (SSSR count). The number of amides is 2. The minimum atomic E-state index is -1.50. The average molecular weight is 552 g/mol. The summed E-state index contributed by atoms with van der Waals surface area (Å²) in [4.78, 5) is 41.1. The van der Waals surface area contributed by atoms with E-state index in [0.29, 0.717) is 18.4 Å². The molecule has 1 heterocycles. The zero-order valence-corrected chi connectivity index (χ0v) is 21.8. The van der Waals surface area contributed by atoms with Gasteiger partial charge in [0.2, 0.25) is 0 Å². The number of thiocarbonyl (C=S) groups is 1. The first-order valence-corrected chi connectivity index (χ1v) is 12.1. The average Bonchev–Trinajstić information content (AvgIpc) is 3.65. The van der Waals surface area contributed by atoms with Crippen LogP contribution in [0.1, 0.15) is 40.4 Å². The predicted octanol–water partition coefficient (Wildman–Crippen LogP) is 4.17. The molecule has 2 amide bonds. The van der Waals surface area contributed by atoms with Gasteiger partial charge in [0, 0.05) is 20.2 Å². The summed E-state index contributed by atoms with van der Waals surface area (Å²) >= 11 is 11.7. The van der Waals surface area contributed by atoms with E-state index in [-0.39, 0.29) is 33.8 Å². The Labute approximate surface area is 222 Å². The number of halogens is 3. The topological polar surface area (TPSA) is 88.2 Å². The Kier molecular flexibility index (Phi) is 7.38. The van der Waals surface area contributed by atoms with Gasteiger partial charge in [-0.05, 0) is 66.4 Å². The Morgan fingerprint density at radius 1 is 1.22 bits per heavy atom. The molecule has 12 heteroatoms. The van der Waals surface area contributed by atoms with Crippen LogP contribution in [-0.2, 0) is 19.8 Å². The SMILES string of the molecule is COC(=O)c1cc([C@@H](COC(=O)N(C)C)N2C(=O)[C@](c3cc(F)cc(F)c3)(C3CC3)NC2=S)ccc1Cl. The fraction of sp³-hybridized carbons (Fsp3) is 0.360. The van der Waals surface area contributed by atoms with Crippen molar-refractivity contribution in [2.75, 3.05) is 27.8 Å². The van der Waals surface area contributed by atoms with E-state index in [1.807, 2.05) is 0 Å². The zero-order chi connectivity index (χ0) is 27.1. The molecule has 2 fully saturated rings. The lowest BCUT2D eigenvalue weighted by atomic mass is 9.84. The number of nitrogens with one attached hydrogen (secondary N) is 1. The Hall–Kier alpha value is -3.31. The molecular formula is C25H24ClF2N3O5S. The van der Waals surface area contributed by atoms with E-state index in [9.17, 15) is 23.2 Å². The van der Waals surface area contributed by atoms with E-state index in [0.717, 1.165) is 18.2 Å². The Balaban J connectivity index is 1.81. The van der Waals surface area contributed by atoms with Crippen LogP contribution in [0.2, 0.25) is 5.02 Å². The summed E-state index contributed by atoms with van der Waals surface area (Å²) in [5.41, 5.74) is -0.970. The van der Waals surface area contributed by atoms with Crippen LogP contribution in [0.25, 0.3) is 0 Å². The summed E-state index contributed by atoms with van der Waals surface area (Å²) in [5.74, 6) is -3.17. The van der Waals surface area contributed by atoms with Crippen molar-refractivity contribution < 1.29 is 32.6 Å². The minimum Gasteiger partial charge on any atom is -0.465 e. The van der Waals surface area contributed by atoms with Crippen LogP contribution < -0.4 is 5.32 Å². The molecule has 2 aromatic carbocycles. The summed E-state index contributed by atoms with van der Waals surface area (Å²) < 4.78 is 38.6. The van der Waals surface area contributed by atoms with Crippen LogP contribution in [0.15, 0.2) is 36.4 Å². The second-order valence-electron chi connectivity index (χ2n) is 9.06. The largest absolute Gasteiger partial charge is 0.465 e. The number of hydrogen-bond acceptors (Lipinski definition) is 6. The van der Waals surface area contributed by atoms with Gasteiger partial charge in [-0.15, -0.1) is 0 Å². The number of ether oxygens (including phenoxy) is 2. The lowest BCUT2D eigenvalue weighted by Gasteiger charge is -2.31. The minimum absolute atomic E-state index is 0.0120. The maximum Gasteiger partial charge on any atom is 0.409 e. The molecule has 0 bridgehead atoms. The number of nitrogens with zero attached hydrogens (tertiary/aromatic N) is 2. The number of rotatable bonds is 7. The quantitative estimate of drug-likeness (QED) is 0.408. The van der Waals surface area contributed by atoms with Gasteiger partial charge in [-0.2, -0.15) is 0 Å². The number of carbonyl (C=O) groups excluding carboxylic acids is 3. The van der Waals surface area contributed by atoms with Crippen LogP contribution in [0.3, 0.4) is 0 Å². The zero-order valence-electron chi connectivity index (χ0n) is 20.2.